The molecular weight excluding hydrogens is 154 g/mol. The van der Waals surface area contributed by atoms with Gasteiger partial charge < -0.3 is 0 Å². The van der Waals surface area contributed by atoms with Crippen LogP contribution in [0.4, 0.5) is 0 Å². The summed E-state index contributed by atoms with van der Waals surface area (Å²) >= 11 is 0. The number of tetrazole rings is 1. The molecule has 0 saturated carbocycles. The molecule has 0 amide bonds. The van der Waals surface area contributed by atoms with E-state index in [2.05, 4.69) is 25.6 Å². The zero-order valence-electron chi connectivity index (χ0n) is 6.68. The van der Waals surface area contributed by atoms with Gasteiger partial charge in [-0.2, -0.15) is 5.21 Å². The van der Waals surface area contributed by atoms with Crippen molar-refractivity contribution in [3.05, 3.63) is 36.4 Å². The van der Waals surface area contributed by atoms with E-state index >= 15 is 0 Å². The van der Waals surface area contributed by atoms with Gasteiger partial charge in [0.25, 0.3) is 0 Å². The molecule has 5 nitrogen and oxygen atoms in total. The molecule has 5 heteroatoms. The summed E-state index contributed by atoms with van der Waals surface area (Å²) in [5.74, 6) is 0. The summed E-state index contributed by atoms with van der Waals surface area (Å²) in [5, 5.41) is 12.2. The van der Waals surface area contributed by atoms with Gasteiger partial charge in [0, 0.05) is 11.9 Å². The van der Waals surface area contributed by atoms with Gasteiger partial charge in [-0.3, -0.25) is 4.98 Å². The van der Waals surface area contributed by atoms with E-state index in [1.54, 1.807) is 6.20 Å². The van der Waals surface area contributed by atoms with Gasteiger partial charge in [0.05, 0.1) is 0 Å². The minimum absolute atomic E-state index is 1.07. The molecule has 2 aromatic heterocycles. The summed E-state index contributed by atoms with van der Waals surface area (Å²) in [6, 6.07) is 5.86. The molecule has 0 saturated heterocycles. The molecule has 0 bridgehead atoms. The average molecular weight is 163 g/mol. The first-order valence-electron chi connectivity index (χ1n) is 3.43. The van der Waals surface area contributed by atoms with Crippen LogP contribution in [-0.4, -0.2) is 25.6 Å². The zero-order valence-corrected chi connectivity index (χ0v) is 6.68. The molecule has 0 fully saturated rings. The molecule has 0 aromatic carbocycles. The smallest absolute Gasteiger partial charge is 0.161 e. The van der Waals surface area contributed by atoms with Crippen molar-refractivity contribution in [1.82, 2.24) is 25.6 Å². The van der Waals surface area contributed by atoms with E-state index in [-0.39, 0.29) is 0 Å². The van der Waals surface area contributed by atoms with Crippen molar-refractivity contribution in [3.63, 3.8) is 0 Å². The second-order valence-electron chi connectivity index (χ2n) is 2.03. The SMILES string of the molecule is Cc1ccccn1.c1nn[nH]n1. The maximum atomic E-state index is 3.98. The average Bonchev–Trinajstić information content (AvgIpc) is 2.62. The molecule has 0 atom stereocenters. The Labute approximate surface area is 69.9 Å². The highest BCUT2D eigenvalue weighted by Gasteiger charge is 1.73. The minimum atomic E-state index is 1.07. The van der Waals surface area contributed by atoms with E-state index in [1.165, 1.54) is 6.33 Å². The Bertz CT molecular complexity index is 261. The number of nitrogens with one attached hydrogen (secondary N) is 1. The van der Waals surface area contributed by atoms with E-state index in [9.17, 15) is 0 Å². The number of hydrogen-bond donors (Lipinski definition) is 1. The van der Waals surface area contributed by atoms with Gasteiger partial charge >= 0.3 is 0 Å². The lowest BCUT2D eigenvalue weighted by Crippen LogP contribution is -1.72. The van der Waals surface area contributed by atoms with Crippen LogP contribution in [0.15, 0.2) is 30.7 Å². The molecule has 12 heavy (non-hydrogen) atoms. The van der Waals surface area contributed by atoms with E-state index in [0.717, 1.165) is 5.69 Å². The Balaban J connectivity index is 0.000000127. The molecule has 0 aliphatic rings. The van der Waals surface area contributed by atoms with Crippen LogP contribution in [0.3, 0.4) is 0 Å². The van der Waals surface area contributed by atoms with Crippen molar-refractivity contribution in [2.75, 3.05) is 0 Å². The number of H-pyrrole nitrogens is 1. The maximum absolute atomic E-state index is 3.98. The number of rotatable bonds is 0. The second kappa shape index (κ2) is 4.95. The number of aromatic nitrogens is 5. The molecule has 2 rings (SSSR count). The van der Waals surface area contributed by atoms with Crippen LogP contribution in [0.5, 0.6) is 0 Å². The zero-order chi connectivity index (χ0) is 8.65. The molecule has 2 heterocycles. The van der Waals surface area contributed by atoms with Gasteiger partial charge in [-0.1, -0.05) is 11.3 Å². The van der Waals surface area contributed by atoms with Gasteiger partial charge in [0.15, 0.2) is 6.33 Å². The summed E-state index contributed by atoms with van der Waals surface area (Å²) in [6.45, 7) is 1.97. The molecular formula is C7H9N5. The number of aromatic amines is 1. The van der Waals surface area contributed by atoms with Gasteiger partial charge in [-0.15, -0.1) is 10.2 Å². The van der Waals surface area contributed by atoms with Crippen molar-refractivity contribution in [2.45, 2.75) is 6.92 Å². The predicted molar refractivity (Wildman–Crippen MR) is 43.2 cm³/mol. The molecule has 2 aromatic rings. The van der Waals surface area contributed by atoms with Crippen molar-refractivity contribution in [2.24, 2.45) is 0 Å². The van der Waals surface area contributed by atoms with E-state index in [0.29, 0.717) is 0 Å². The highest BCUT2D eigenvalue weighted by atomic mass is 15.5. The van der Waals surface area contributed by atoms with Crippen molar-refractivity contribution >= 4 is 0 Å². The maximum Gasteiger partial charge on any atom is 0.161 e. The number of aryl methyl sites for hydroxylation is 1. The van der Waals surface area contributed by atoms with Gasteiger partial charge in [0.2, 0.25) is 0 Å². The van der Waals surface area contributed by atoms with Gasteiger partial charge in [-0.05, 0) is 19.1 Å². The Hall–Kier alpha value is -1.78. The molecule has 0 aliphatic carbocycles. The van der Waals surface area contributed by atoms with Crippen molar-refractivity contribution in [1.29, 1.82) is 0 Å². The first-order chi connectivity index (χ1) is 5.89. The molecule has 0 aliphatic heterocycles. The fourth-order valence-corrected chi connectivity index (χ4v) is 0.577. The first-order valence-corrected chi connectivity index (χ1v) is 3.43. The molecule has 0 unspecified atom stereocenters. The summed E-state index contributed by atoms with van der Waals surface area (Å²) in [5.41, 5.74) is 1.07. The normalized spacial score (nSPS) is 8.42. The highest BCUT2D eigenvalue weighted by molar-refractivity contribution is 4.99. The molecule has 62 valence electrons. The fraction of sp³-hybridized carbons (Fsp3) is 0.143. The Morgan fingerprint density at radius 2 is 2.25 bits per heavy atom. The third-order valence-corrected chi connectivity index (χ3v) is 1.08. The van der Waals surface area contributed by atoms with Crippen molar-refractivity contribution in [3.8, 4) is 0 Å². The summed E-state index contributed by atoms with van der Waals surface area (Å²) in [7, 11) is 0. The van der Waals surface area contributed by atoms with Crippen molar-refractivity contribution < 1.29 is 0 Å². The lowest BCUT2D eigenvalue weighted by Gasteiger charge is -1.82. The van der Waals surface area contributed by atoms with Gasteiger partial charge in [-0.25, -0.2) is 0 Å². The Morgan fingerprint density at radius 1 is 1.33 bits per heavy atom. The summed E-state index contributed by atoms with van der Waals surface area (Å²) < 4.78 is 0. The van der Waals surface area contributed by atoms with Gasteiger partial charge in [0.1, 0.15) is 0 Å². The van der Waals surface area contributed by atoms with E-state index < -0.39 is 0 Å². The standard InChI is InChI=1S/C6H7N.CH2N4/c1-6-4-2-3-5-7-6;1-2-4-5-3-1/h2-5H,1H3;1H,(H,2,3,4,5). The van der Waals surface area contributed by atoms with Crippen LogP contribution in [0, 0.1) is 6.92 Å². The molecule has 1 N–H and O–H groups in total. The van der Waals surface area contributed by atoms with E-state index in [1.807, 2.05) is 25.1 Å². The first kappa shape index (κ1) is 8.32. The quantitative estimate of drug-likeness (QED) is 0.617. The monoisotopic (exact) mass is 163 g/mol. The third kappa shape index (κ3) is 3.40. The van der Waals surface area contributed by atoms with Crippen LogP contribution < -0.4 is 0 Å². The number of nitrogens with zero attached hydrogens (tertiary/aromatic N) is 4. The van der Waals surface area contributed by atoms with E-state index in [4.69, 9.17) is 0 Å². The van der Waals surface area contributed by atoms with Crippen LogP contribution >= 0.6 is 0 Å². The van der Waals surface area contributed by atoms with Crippen LogP contribution in [0.1, 0.15) is 5.69 Å². The molecule has 0 radical (unpaired) electrons. The van der Waals surface area contributed by atoms with Crippen LogP contribution in [-0.2, 0) is 0 Å². The second-order valence-corrected chi connectivity index (χ2v) is 2.03. The van der Waals surface area contributed by atoms with Crippen LogP contribution in [0.2, 0.25) is 0 Å². The lowest BCUT2D eigenvalue weighted by atomic mass is 10.4. The molecule has 0 spiro atoms. The third-order valence-electron chi connectivity index (χ3n) is 1.08. The lowest BCUT2D eigenvalue weighted by molar-refractivity contribution is 0.881. The predicted octanol–water partition coefficient (Wildman–Crippen LogP) is 0.590. The topological polar surface area (TPSA) is 67.3 Å². The fourth-order valence-electron chi connectivity index (χ4n) is 0.577. The van der Waals surface area contributed by atoms with Crippen LogP contribution in [0.25, 0.3) is 0 Å². The largest absolute Gasteiger partial charge is 0.262 e. The summed E-state index contributed by atoms with van der Waals surface area (Å²) in [4.78, 5) is 3.98. The summed E-state index contributed by atoms with van der Waals surface area (Å²) in [6.07, 6.45) is 3.12. The number of pyridine rings is 1. The Kier molecular flexibility index (Phi) is 3.43. The minimum Gasteiger partial charge on any atom is -0.262 e. The Morgan fingerprint density at radius 3 is 2.50 bits per heavy atom. The highest BCUT2D eigenvalue weighted by Crippen LogP contribution is 1.85. The number of hydrogen-bond acceptors (Lipinski definition) is 4.